The summed E-state index contributed by atoms with van der Waals surface area (Å²) in [5.41, 5.74) is 1.73. The molecule has 9 nitrogen and oxygen atoms in total. The van der Waals surface area contributed by atoms with Crippen molar-refractivity contribution < 1.29 is 23.2 Å². The monoisotopic (exact) mass is 454 g/mol. The smallest absolute Gasteiger partial charge is 0.305 e. The van der Waals surface area contributed by atoms with Crippen molar-refractivity contribution in [3.05, 3.63) is 66.1 Å². The Bertz CT molecular complexity index is 1280. The van der Waals surface area contributed by atoms with Crippen LogP contribution in [0.15, 0.2) is 53.4 Å². The Morgan fingerprint density at radius 2 is 2.00 bits per heavy atom. The van der Waals surface area contributed by atoms with Crippen molar-refractivity contribution >= 4 is 11.8 Å². The van der Waals surface area contributed by atoms with E-state index in [1.165, 1.54) is 21.9 Å². The molecule has 170 valence electrons. The molecule has 0 aliphatic heterocycles. The van der Waals surface area contributed by atoms with E-state index in [0.717, 1.165) is 6.20 Å². The summed E-state index contributed by atoms with van der Waals surface area (Å²) in [6.45, 7) is 1.76. The Morgan fingerprint density at radius 3 is 2.70 bits per heavy atom. The summed E-state index contributed by atoms with van der Waals surface area (Å²) in [5, 5.41) is 17.5. The van der Waals surface area contributed by atoms with Crippen LogP contribution < -0.4 is 4.90 Å². The number of aromatic nitrogens is 5. The highest BCUT2D eigenvalue weighted by atomic mass is 19.1. The average molecular weight is 454 g/mol. The van der Waals surface area contributed by atoms with Crippen molar-refractivity contribution in [1.82, 2.24) is 24.9 Å². The van der Waals surface area contributed by atoms with Crippen molar-refractivity contribution in [2.24, 2.45) is 0 Å². The number of nitrogens with zero attached hydrogens (tertiary/aromatic N) is 6. The van der Waals surface area contributed by atoms with Crippen LogP contribution in [0.2, 0.25) is 0 Å². The molecule has 0 saturated carbocycles. The second kappa shape index (κ2) is 9.15. The van der Waals surface area contributed by atoms with Crippen molar-refractivity contribution in [2.75, 3.05) is 11.9 Å². The maximum Gasteiger partial charge on any atom is 0.305 e. The lowest BCUT2D eigenvalue weighted by Crippen LogP contribution is -2.32. The lowest BCUT2D eigenvalue weighted by atomic mass is 10.2. The number of carbonyl (C=O) groups is 1. The summed E-state index contributed by atoms with van der Waals surface area (Å²) in [6.07, 6.45) is 2.22. The highest BCUT2D eigenvalue weighted by Crippen LogP contribution is 2.27. The number of halogens is 2. The van der Waals surface area contributed by atoms with Crippen LogP contribution in [0.4, 0.5) is 14.6 Å². The van der Waals surface area contributed by atoms with Gasteiger partial charge in [-0.3, -0.25) is 9.48 Å². The van der Waals surface area contributed by atoms with Crippen LogP contribution in [0, 0.1) is 11.6 Å². The fourth-order valence-electron chi connectivity index (χ4n) is 3.31. The molecular weight excluding hydrogens is 434 g/mol. The molecule has 4 rings (SSSR count). The van der Waals surface area contributed by atoms with E-state index in [4.69, 9.17) is 9.63 Å². The van der Waals surface area contributed by atoms with Crippen LogP contribution in [-0.4, -0.2) is 49.1 Å². The van der Waals surface area contributed by atoms with E-state index in [-0.39, 0.29) is 30.4 Å². The molecule has 0 radical (unpaired) electrons. The third-order valence-electron chi connectivity index (χ3n) is 5.18. The number of carboxylic acid groups (broad SMARTS) is 1. The van der Waals surface area contributed by atoms with Gasteiger partial charge in [-0.1, -0.05) is 23.4 Å². The molecule has 0 spiro atoms. The Balaban J connectivity index is 1.74. The summed E-state index contributed by atoms with van der Waals surface area (Å²) >= 11 is 0. The third-order valence-corrected chi connectivity index (χ3v) is 5.18. The minimum absolute atomic E-state index is 0.0552. The van der Waals surface area contributed by atoms with Gasteiger partial charge < -0.3 is 14.5 Å². The van der Waals surface area contributed by atoms with E-state index in [1.807, 2.05) is 0 Å². The largest absolute Gasteiger partial charge is 0.481 e. The highest BCUT2D eigenvalue weighted by Gasteiger charge is 2.22. The number of hydrogen-bond acceptors (Lipinski definition) is 7. The zero-order valence-corrected chi connectivity index (χ0v) is 17.8. The average Bonchev–Trinajstić information content (AvgIpc) is 3.45. The molecule has 33 heavy (non-hydrogen) atoms. The summed E-state index contributed by atoms with van der Waals surface area (Å²) < 4.78 is 35.2. The van der Waals surface area contributed by atoms with E-state index in [2.05, 4.69) is 20.2 Å². The number of anilines is 1. The fourth-order valence-corrected chi connectivity index (χ4v) is 3.31. The van der Waals surface area contributed by atoms with Crippen LogP contribution in [0.5, 0.6) is 0 Å². The predicted molar refractivity (Wildman–Crippen MR) is 114 cm³/mol. The van der Waals surface area contributed by atoms with Gasteiger partial charge in [0.1, 0.15) is 23.5 Å². The van der Waals surface area contributed by atoms with E-state index < -0.39 is 17.8 Å². The molecule has 0 amide bonds. The minimum atomic E-state index is -1.01. The quantitative estimate of drug-likeness (QED) is 0.430. The Hall–Kier alpha value is -4.15. The molecule has 1 aromatic carbocycles. The van der Waals surface area contributed by atoms with Crippen molar-refractivity contribution in [1.29, 1.82) is 0 Å². The zero-order valence-electron chi connectivity index (χ0n) is 17.8. The van der Waals surface area contributed by atoms with Crippen LogP contribution in [0.3, 0.4) is 0 Å². The molecule has 3 heterocycles. The third kappa shape index (κ3) is 4.71. The zero-order chi connectivity index (χ0) is 23.5. The first-order valence-electron chi connectivity index (χ1n) is 10.0. The van der Waals surface area contributed by atoms with Gasteiger partial charge in [0.15, 0.2) is 17.5 Å². The number of benzene rings is 1. The van der Waals surface area contributed by atoms with Crippen LogP contribution in [0.1, 0.15) is 18.9 Å². The number of rotatable bonds is 8. The Kier molecular flexibility index (Phi) is 6.11. The van der Waals surface area contributed by atoms with Gasteiger partial charge in [-0.15, -0.1) is 0 Å². The van der Waals surface area contributed by atoms with Gasteiger partial charge in [-0.2, -0.15) is 5.10 Å². The first-order chi connectivity index (χ1) is 15.8. The van der Waals surface area contributed by atoms with Crippen molar-refractivity contribution in [3.63, 3.8) is 0 Å². The normalized spacial score (nSPS) is 12.0. The lowest BCUT2D eigenvalue weighted by molar-refractivity contribution is -0.137. The van der Waals surface area contributed by atoms with E-state index in [9.17, 15) is 13.6 Å². The van der Waals surface area contributed by atoms with Crippen LogP contribution in [-0.2, 0) is 11.3 Å². The summed E-state index contributed by atoms with van der Waals surface area (Å²) in [7, 11) is 1.56. The van der Waals surface area contributed by atoms with Gasteiger partial charge in [0.2, 0.25) is 0 Å². The molecule has 1 N–H and O–H groups in total. The van der Waals surface area contributed by atoms with Gasteiger partial charge in [0.05, 0.1) is 24.9 Å². The van der Waals surface area contributed by atoms with Crippen LogP contribution >= 0.6 is 0 Å². The molecular formula is C22H20F2N6O3. The second-order valence-corrected chi connectivity index (χ2v) is 7.47. The lowest BCUT2D eigenvalue weighted by Gasteiger charge is -2.25. The van der Waals surface area contributed by atoms with Gasteiger partial charge in [0, 0.05) is 24.7 Å². The van der Waals surface area contributed by atoms with Crippen molar-refractivity contribution in [2.45, 2.75) is 25.9 Å². The van der Waals surface area contributed by atoms with Gasteiger partial charge in [0.25, 0.3) is 0 Å². The second-order valence-electron chi connectivity index (χ2n) is 7.47. The molecule has 1 unspecified atom stereocenters. The van der Waals surface area contributed by atoms with Gasteiger partial charge in [-0.25, -0.2) is 18.7 Å². The maximum absolute atomic E-state index is 14.5. The molecule has 11 heteroatoms. The number of hydrogen-bond donors (Lipinski definition) is 1. The topological polar surface area (TPSA) is 110 Å². The van der Waals surface area contributed by atoms with E-state index in [1.54, 1.807) is 44.3 Å². The molecule has 0 bridgehead atoms. The van der Waals surface area contributed by atoms with Gasteiger partial charge >= 0.3 is 5.97 Å². The number of carboxylic acids is 1. The predicted octanol–water partition coefficient (Wildman–Crippen LogP) is 3.62. The summed E-state index contributed by atoms with van der Waals surface area (Å²) in [5.74, 6) is -2.01. The molecule has 4 aromatic rings. The fraction of sp³-hybridized carbons (Fsp3) is 0.227. The number of aliphatic carboxylic acids is 1. The maximum atomic E-state index is 14.5. The van der Waals surface area contributed by atoms with Gasteiger partial charge in [-0.05, 0) is 19.1 Å². The molecule has 1 atom stereocenters. The van der Waals surface area contributed by atoms with E-state index in [0.29, 0.717) is 22.6 Å². The Morgan fingerprint density at radius 1 is 1.21 bits per heavy atom. The first kappa shape index (κ1) is 22.1. The highest BCUT2D eigenvalue weighted by molar-refractivity contribution is 5.68. The standard InChI is InChI=1S/C22H20F2N6O3/c1-13(9-20(31)32)29(2)22-16(24)11-25-21(26-22)18-10-19(17-7-8-33-28-17)30(27-18)12-14-5-3-4-6-15(14)23/h3-8,10-11,13H,9,12H2,1-2H3,(H,31,32). The summed E-state index contributed by atoms with van der Waals surface area (Å²) in [6, 6.07) is 9.11. The molecule has 0 saturated heterocycles. The molecule has 3 aromatic heterocycles. The van der Waals surface area contributed by atoms with Crippen molar-refractivity contribution in [3.8, 4) is 22.9 Å². The molecule has 0 fully saturated rings. The summed E-state index contributed by atoms with van der Waals surface area (Å²) in [4.78, 5) is 20.8. The molecule has 0 aliphatic carbocycles. The SMILES string of the molecule is CC(CC(=O)O)N(C)c1nc(-c2cc(-c3ccon3)n(Cc3ccccc3F)n2)ncc1F. The Labute approximate surface area is 187 Å². The first-order valence-corrected chi connectivity index (χ1v) is 10.0. The van der Waals surface area contributed by atoms with Crippen LogP contribution in [0.25, 0.3) is 22.9 Å². The molecule has 0 aliphatic rings. The van der Waals surface area contributed by atoms with E-state index >= 15 is 0 Å². The minimum Gasteiger partial charge on any atom is -0.481 e.